The largest absolute Gasteiger partial charge is 0.444 e. The molecule has 5 aliphatic heterocycles. The predicted octanol–water partition coefficient (Wildman–Crippen LogP) is 5.40. The topological polar surface area (TPSA) is 17.0 Å². The van der Waals surface area contributed by atoms with Crippen molar-refractivity contribution in [2.75, 3.05) is 0 Å². The van der Waals surface area contributed by atoms with Crippen LogP contribution in [0.2, 0.25) is 0 Å². The van der Waals surface area contributed by atoms with Gasteiger partial charge in [0.1, 0.15) is 5.56 Å². The summed E-state index contributed by atoms with van der Waals surface area (Å²) in [6.07, 6.45) is 4.56. The number of nitrogens with zero attached hydrogens (tertiary/aromatic N) is 3. The summed E-state index contributed by atoms with van der Waals surface area (Å²) < 4.78 is 12.4. The van der Waals surface area contributed by atoms with E-state index in [2.05, 4.69) is 149 Å². The third-order valence-electron chi connectivity index (χ3n) is 11.8. The second-order valence-corrected chi connectivity index (χ2v) is 13.4. The molecule has 0 radical (unpaired) electrons. The Bertz CT molecular complexity index is 2600. The van der Waals surface area contributed by atoms with E-state index in [1.54, 1.807) is 0 Å². The van der Waals surface area contributed by atoms with Gasteiger partial charge in [-0.1, -0.05) is 78.9 Å². The lowest BCUT2D eigenvalue weighted by Gasteiger charge is -2.43. The molecule has 1 unspecified atom stereocenters. The number of hydrogen-bond donors (Lipinski definition) is 0. The zero-order valence-corrected chi connectivity index (χ0v) is 24.6. The number of aromatic nitrogens is 2. The van der Waals surface area contributed by atoms with Crippen molar-refractivity contribution >= 4 is 34.6 Å². The van der Waals surface area contributed by atoms with Crippen LogP contribution in [0.5, 0.6) is 11.5 Å². The fourth-order valence-electron chi connectivity index (χ4n) is 10.5. The Kier molecular flexibility index (Phi) is 3.47. The van der Waals surface area contributed by atoms with Crippen LogP contribution in [-0.4, -0.2) is 6.71 Å². The molecule has 1 atom stereocenters. The molecule has 5 aromatic carbocycles. The van der Waals surface area contributed by atoms with Crippen LogP contribution < -0.4 is 35.3 Å². The molecule has 0 fully saturated rings. The van der Waals surface area contributed by atoms with Gasteiger partial charge in [0.15, 0.2) is 4.70 Å². The summed E-state index contributed by atoms with van der Waals surface area (Å²) >= 11 is 0. The zero-order valence-electron chi connectivity index (χ0n) is 24.6. The van der Waals surface area contributed by atoms with E-state index in [0.29, 0.717) is 4.70 Å². The molecule has 13 rings (SSSR count). The van der Waals surface area contributed by atoms with E-state index in [1.165, 1.54) is 83.7 Å². The summed E-state index contributed by atoms with van der Waals surface area (Å²) in [6, 6.07) is 47.6. The summed E-state index contributed by atoms with van der Waals surface area (Å²) in [4.78, 5) is 0. The van der Waals surface area contributed by atoms with Gasteiger partial charge in [0.2, 0.25) is 29.5 Å². The van der Waals surface area contributed by atoms with Crippen LogP contribution in [0.15, 0.2) is 140 Å². The van der Waals surface area contributed by atoms with E-state index in [1.807, 2.05) is 0 Å². The van der Waals surface area contributed by atoms with Gasteiger partial charge in [-0.15, -0.1) is 0 Å². The fourth-order valence-corrected chi connectivity index (χ4v) is 10.5. The molecule has 2 aromatic heterocycles. The summed E-state index contributed by atoms with van der Waals surface area (Å²) in [7, 11) is 0. The number of benzene rings is 5. The standard InChI is InChI=1S/C41H23BN3O/c1-3-15-29-24(10-1)25-11-2-4-16-30(25)41(29)31-17-7-12-26-27-14-9-23-44-40(27)42(36(26)31)37-32(41)20-21-35-39(37)45(44)38-28(13-8-19-34(38)46-35)33-18-5-6-22-43(33)45/h1-23H/q+3. The van der Waals surface area contributed by atoms with Gasteiger partial charge < -0.3 is 4.74 Å². The van der Waals surface area contributed by atoms with E-state index in [-0.39, 0.29) is 6.71 Å². The summed E-state index contributed by atoms with van der Waals surface area (Å²) in [6.45, 7) is 0.104. The van der Waals surface area contributed by atoms with Gasteiger partial charge >= 0.3 is 12.4 Å². The van der Waals surface area contributed by atoms with Crippen LogP contribution in [0, 0.1) is 0 Å². The molecule has 6 aliphatic rings. The molecule has 4 nitrogen and oxygen atoms in total. The van der Waals surface area contributed by atoms with Crippen molar-refractivity contribution in [1.82, 2.24) is 4.70 Å². The average molecular weight is 584 g/mol. The van der Waals surface area contributed by atoms with Crippen molar-refractivity contribution < 1.29 is 14.1 Å². The monoisotopic (exact) mass is 584 g/mol. The second kappa shape index (κ2) is 7.04. The van der Waals surface area contributed by atoms with Crippen LogP contribution >= 0.6 is 0 Å². The summed E-state index contributed by atoms with van der Waals surface area (Å²) in [5.41, 5.74) is 19.4. The van der Waals surface area contributed by atoms with Gasteiger partial charge in [-0.05, 0) is 74.7 Å². The molecule has 7 heterocycles. The summed E-state index contributed by atoms with van der Waals surface area (Å²) in [5.74, 6) is 1.84. The molecular formula is C41H23BN3O+3. The highest BCUT2D eigenvalue weighted by molar-refractivity contribution is 7.00. The smallest absolute Gasteiger partial charge is 0.343 e. The first-order valence-electron chi connectivity index (χ1n) is 16.1. The first-order chi connectivity index (χ1) is 22.8. The van der Waals surface area contributed by atoms with Gasteiger partial charge in [0.05, 0.1) is 10.1 Å². The molecule has 46 heavy (non-hydrogen) atoms. The van der Waals surface area contributed by atoms with Gasteiger partial charge in [-0.2, -0.15) is 0 Å². The van der Waals surface area contributed by atoms with Gasteiger partial charge in [-0.25, -0.2) is 0 Å². The summed E-state index contributed by atoms with van der Waals surface area (Å²) in [5, 5.41) is 0. The number of rotatable bonds is 0. The molecule has 0 amide bonds. The number of ether oxygens (including phenoxy) is 1. The molecule has 0 bridgehead atoms. The van der Waals surface area contributed by atoms with E-state index in [9.17, 15) is 0 Å². The molecule has 0 saturated carbocycles. The van der Waals surface area contributed by atoms with Crippen molar-refractivity contribution in [3.63, 3.8) is 0 Å². The highest BCUT2D eigenvalue weighted by atomic mass is 16.5. The van der Waals surface area contributed by atoms with Crippen molar-refractivity contribution in [2.24, 2.45) is 0 Å². The average Bonchev–Trinajstić information content (AvgIpc) is 3.72. The number of para-hydroxylation sites is 1. The minimum absolute atomic E-state index is 0.104. The molecular weight excluding hydrogens is 561 g/mol. The Morgan fingerprint density at radius 3 is 2.00 bits per heavy atom. The Balaban J connectivity index is 1.32. The molecule has 208 valence electrons. The Hall–Kier alpha value is -5.78. The minimum atomic E-state index is -0.447. The number of hydrogen-bond acceptors (Lipinski definition) is 1. The Labute approximate surface area is 265 Å². The van der Waals surface area contributed by atoms with E-state index >= 15 is 0 Å². The van der Waals surface area contributed by atoms with Crippen LogP contribution in [0.3, 0.4) is 0 Å². The highest BCUT2D eigenvalue weighted by Gasteiger charge is 2.75. The molecule has 0 saturated heterocycles. The van der Waals surface area contributed by atoms with Crippen LogP contribution in [-0.2, 0) is 5.41 Å². The minimum Gasteiger partial charge on any atom is -0.444 e. The maximum absolute atomic E-state index is 6.98. The molecule has 2 spiro atoms. The first-order valence-corrected chi connectivity index (χ1v) is 16.1. The first kappa shape index (κ1) is 22.7. The van der Waals surface area contributed by atoms with Crippen molar-refractivity contribution in [3.05, 3.63) is 162 Å². The molecule has 7 aromatic rings. The Morgan fingerprint density at radius 1 is 0.478 bits per heavy atom. The fraction of sp³-hybridized carbons (Fsp3) is 0.0244. The van der Waals surface area contributed by atoms with Gasteiger partial charge in [0.25, 0.3) is 11.4 Å². The SMILES string of the molecule is c1ccc2c(c1)-c1ccccc1C21c2cccc3c2B2c4c1ccc1c4[N+]4(c5c(cccc5-c5cccc[n+]54)O1)[n+]1cccc-3c12. The van der Waals surface area contributed by atoms with Crippen LogP contribution in [0.25, 0.3) is 33.5 Å². The third-order valence-corrected chi connectivity index (χ3v) is 11.8. The van der Waals surface area contributed by atoms with E-state index in [0.717, 1.165) is 11.5 Å². The number of quaternary nitrogens is 1. The highest BCUT2D eigenvalue weighted by Crippen LogP contribution is 2.61. The number of fused-ring (bicyclic) bond motifs is 10. The third kappa shape index (κ3) is 2.01. The van der Waals surface area contributed by atoms with Crippen molar-refractivity contribution in [3.8, 4) is 45.0 Å². The van der Waals surface area contributed by atoms with Crippen molar-refractivity contribution in [2.45, 2.75) is 5.41 Å². The van der Waals surface area contributed by atoms with Gasteiger partial charge in [-0.3, -0.25) is 0 Å². The molecule has 5 heteroatoms. The van der Waals surface area contributed by atoms with Gasteiger partial charge in [0, 0.05) is 33.9 Å². The lowest BCUT2D eigenvalue weighted by Crippen LogP contribution is -2.92. The maximum atomic E-state index is 6.98. The van der Waals surface area contributed by atoms with E-state index in [4.69, 9.17) is 4.74 Å². The molecule has 0 N–H and O–H groups in total. The van der Waals surface area contributed by atoms with Crippen molar-refractivity contribution in [1.29, 1.82) is 0 Å². The number of pyridine rings is 2. The van der Waals surface area contributed by atoms with Crippen LogP contribution in [0.4, 0.5) is 11.4 Å². The lowest BCUT2D eigenvalue weighted by atomic mass is 9.32. The lowest BCUT2D eigenvalue weighted by molar-refractivity contribution is -1.03. The predicted molar refractivity (Wildman–Crippen MR) is 178 cm³/mol. The maximum Gasteiger partial charge on any atom is 0.343 e. The second-order valence-electron chi connectivity index (χ2n) is 13.4. The quantitative estimate of drug-likeness (QED) is 0.133. The zero-order chi connectivity index (χ0) is 29.5. The molecule has 1 aliphatic carbocycles. The van der Waals surface area contributed by atoms with E-state index < -0.39 is 5.41 Å². The Morgan fingerprint density at radius 2 is 1.13 bits per heavy atom. The van der Waals surface area contributed by atoms with Crippen LogP contribution in [0.1, 0.15) is 22.3 Å². The normalized spacial score (nSPS) is 18.8.